The Bertz CT molecular complexity index is 324. The Balaban J connectivity index is 2.87. The Morgan fingerprint density at radius 3 is 2.57 bits per heavy atom. The molecule has 0 fully saturated rings. The van der Waals surface area contributed by atoms with E-state index in [1.54, 1.807) is 12.3 Å². The van der Waals surface area contributed by atoms with Gasteiger partial charge >= 0.3 is 0 Å². The summed E-state index contributed by atoms with van der Waals surface area (Å²) in [5.41, 5.74) is 6.68. The Morgan fingerprint density at radius 2 is 2.07 bits per heavy atom. The van der Waals surface area contributed by atoms with Crippen molar-refractivity contribution in [3.63, 3.8) is 0 Å². The van der Waals surface area contributed by atoms with Gasteiger partial charge < -0.3 is 5.73 Å². The van der Waals surface area contributed by atoms with Crippen LogP contribution in [0.1, 0.15) is 19.4 Å². The summed E-state index contributed by atoms with van der Waals surface area (Å²) in [6.07, 6.45) is 2.52. The predicted octanol–water partition coefficient (Wildman–Crippen LogP) is 2.92. The van der Waals surface area contributed by atoms with E-state index in [0.29, 0.717) is 16.7 Å². The lowest BCUT2D eigenvalue weighted by Gasteiger charge is -2.22. The third-order valence-corrected chi connectivity index (χ3v) is 2.68. The quantitative estimate of drug-likeness (QED) is 0.815. The van der Waals surface area contributed by atoms with E-state index in [4.69, 9.17) is 28.9 Å². The molecule has 1 aromatic heterocycles. The molecule has 78 valence electrons. The van der Waals surface area contributed by atoms with E-state index >= 15 is 0 Å². The van der Waals surface area contributed by atoms with Gasteiger partial charge in [-0.25, -0.2) is 4.98 Å². The molecule has 0 saturated heterocycles. The van der Waals surface area contributed by atoms with Crippen LogP contribution in [0.3, 0.4) is 0 Å². The van der Waals surface area contributed by atoms with E-state index in [1.807, 2.05) is 0 Å². The van der Waals surface area contributed by atoms with Crippen LogP contribution in [0.25, 0.3) is 0 Å². The Labute approximate surface area is 94.4 Å². The molecule has 0 unspecified atom stereocenters. The maximum Gasteiger partial charge on any atom is 0.130 e. The highest BCUT2D eigenvalue weighted by Gasteiger charge is 2.18. The summed E-state index contributed by atoms with van der Waals surface area (Å²) in [6, 6.07) is 1.66. The minimum Gasteiger partial charge on any atom is -0.330 e. The second kappa shape index (κ2) is 4.47. The van der Waals surface area contributed by atoms with E-state index in [9.17, 15) is 0 Å². The largest absolute Gasteiger partial charge is 0.330 e. The van der Waals surface area contributed by atoms with Crippen molar-refractivity contribution in [1.82, 2.24) is 4.98 Å². The number of halogens is 2. The van der Waals surface area contributed by atoms with Crippen molar-refractivity contribution < 1.29 is 0 Å². The lowest BCUT2D eigenvalue weighted by atomic mass is 9.86. The average molecular weight is 233 g/mol. The fourth-order valence-electron chi connectivity index (χ4n) is 1.15. The second-order valence-electron chi connectivity index (χ2n) is 4.14. The summed E-state index contributed by atoms with van der Waals surface area (Å²) in [5, 5.41) is 1.08. The summed E-state index contributed by atoms with van der Waals surface area (Å²) in [7, 11) is 0. The van der Waals surface area contributed by atoms with Gasteiger partial charge in [-0.3, -0.25) is 0 Å². The molecule has 0 saturated carbocycles. The van der Waals surface area contributed by atoms with Crippen LogP contribution in [0.2, 0.25) is 10.2 Å². The highest BCUT2D eigenvalue weighted by Crippen LogP contribution is 2.26. The fourth-order valence-corrected chi connectivity index (χ4v) is 1.59. The van der Waals surface area contributed by atoms with Crippen molar-refractivity contribution in [1.29, 1.82) is 0 Å². The Morgan fingerprint density at radius 1 is 1.43 bits per heavy atom. The Kier molecular flexibility index (Phi) is 3.76. The minimum atomic E-state index is 0.0408. The first-order chi connectivity index (χ1) is 6.44. The van der Waals surface area contributed by atoms with Crippen LogP contribution in [-0.2, 0) is 6.42 Å². The van der Waals surface area contributed by atoms with Crippen molar-refractivity contribution in [3.8, 4) is 0 Å². The SMILES string of the molecule is CC(C)(CN)Cc1cnc(Cl)cc1Cl. The summed E-state index contributed by atoms with van der Waals surface area (Å²) in [5.74, 6) is 0. The lowest BCUT2D eigenvalue weighted by Crippen LogP contribution is -2.26. The Hall–Kier alpha value is -0.310. The van der Waals surface area contributed by atoms with Crippen LogP contribution >= 0.6 is 23.2 Å². The van der Waals surface area contributed by atoms with E-state index in [-0.39, 0.29) is 5.41 Å². The summed E-state index contributed by atoms with van der Waals surface area (Å²) in [4.78, 5) is 4.00. The molecule has 4 heteroatoms. The first-order valence-corrected chi connectivity index (χ1v) is 5.20. The van der Waals surface area contributed by atoms with E-state index in [1.165, 1.54) is 0 Å². The summed E-state index contributed by atoms with van der Waals surface area (Å²) in [6.45, 7) is 4.81. The minimum absolute atomic E-state index is 0.0408. The van der Waals surface area contributed by atoms with Gasteiger partial charge in [0.2, 0.25) is 0 Å². The number of pyridine rings is 1. The van der Waals surface area contributed by atoms with Crippen molar-refractivity contribution in [2.24, 2.45) is 11.1 Å². The van der Waals surface area contributed by atoms with Gasteiger partial charge in [0.05, 0.1) is 0 Å². The van der Waals surface area contributed by atoms with Gasteiger partial charge in [-0.1, -0.05) is 37.0 Å². The second-order valence-corrected chi connectivity index (χ2v) is 4.94. The fraction of sp³-hybridized carbons (Fsp3) is 0.500. The molecule has 14 heavy (non-hydrogen) atoms. The average Bonchev–Trinajstić information content (AvgIpc) is 2.10. The van der Waals surface area contributed by atoms with Crippen molar-refractivity contribution in [2.45, 2.75) is 20.3 Å². The third kappa shape index (κ3) is 3.12. The normalized spacial score (nSPS) is 11.8. The number of hydrogen-bond acceptors (Lipinski definition) is 2. The molecule has 0 amide bonds. The van der Waals surface area contributed by atoms with E-state index in [0.717, 1.165) is 12.0 Å². The van der Waals surface area contributed by atoms with Gasteiger partial charge in [0.15, 0.2) is 0 Å². The maximum atomic E-state index is 6.03. The maximum absolute atomic E-state index is 6.03. The van der Waals surface area contributed by atoms with Gasteiger partial charge in [-0.15, -0.1) is 0 Å². The standard InChI is InChI=1S/C10H14Cl2N2/c1-10(2,6-13)4-7-5-14-9(12)3-8(7)11/h3,5H,4,6,13H2,1-2H3. The molecular formula is C10H14Cl2N2. The van der Waals surface area contributed by atoms with Crippen LogP contribution in [0.4, 0.5) is 0 Å². The molecule has 2 nitrogen and oxygen atoms in total. The number of hydrogen-bond donors (Lipinski definition) is 1. The smallest absolute Gasteiger partial charge is 0.130 e. The molecule has 2 N–H and O–H groups in total. The monoisotopic (exact) mass is 232 g/mol. The zero-order chi connectivity index (χ0) is 10.8. The molecule has 0 spiro atoms. The van der Waals surface area contributed by atoms with Crippen LogP contribution in [0, 0.1) is 5.41 Å². The molecular weight excluding hydrogens is 219 g/mol. The zero-order valence-corrected chi connectivity index (χ0v) is 9.86. The van der Waals surface area contributed by atoms with E-state index < -0.39 is 0 Å². The third-order valence-electron chi connectivity index (χ3n) is 2.12. The van der Waals surface area contributed by atoms with Crippen molar-refractivity contribution in [3.05, 3.63) is 28.0 Å². The summed E-state index contributed by atoms with van der Waals surface area (Å²) < 4.78 is 0. The first kappa shape index (κ1) is 11.8. The first-order valence-electron chi connectivity index (χ1n) is 4.44. The van der Waals surface area contributed by atoms with E-state index in [2.05, 4.69) is 18.8 Å². The number of rotatable bonds is 3. The molecule has 0 aliphatic carbocycles. The van der Waals surface area contributed by atoms with Gasteiger partial charge in [0.25, 0.3) is 0 Å². The van der Waals surface area contributed by atoms with Crippen LogP contribution < -0.4 is 5.73 Å². The number of aromatic nitrogens is 1. The molecule has 1 aromatic rings. The molecule has 0 aliphatic heterocycles. The molecule has 0 atom stereocenters. The zero-order valence-electron chi connectivity index (χ0n) is 8.35. The number of nitrogens with two attached hydrogens (primary N) is 1. The topological polar surface area (TPSA) is 38.9 Å². The molecule has 1 rings (SSSR count). The van der Waals surface area contributed by atoms with Crippen LogP contribution in [0.5, 0.6) is 0 Å². The van der Waals surface area contributed by atoms with Gasteiger partial charge in [-0.2, -0.15) is 0 Å². The van der Waals surface area contributed by atoms with Gasteiger partial charge in [0.1, 0.15) is 5.15 Å². The predicted molar refractivity (Wildman–Crippen MR) is 60.8 cm³/mol. The molecule has 0 radical (unpaired) electrons. The molecule has 0 aromatic carbocycles. The highest BCUT2D eigenvalue weighted by atomic mass is 35.5. The highest BCUT2D eigenvalue weighted by molar-refractivity contribution is 6.34. The van der Waals surface area contributed by atoms with Crippen LogP contribution in [-0.4, -0.2) is 11.5 Å². The van der Waals surface area contributed by atoms with Crippen molar-refractivity contribution in [2.75, 3.05) is 6.54 Å². The van der Waals surface area contributed by atoms with Crippen LogP contribution in [0.15, 0.2) is 12.3 Å². The van der Waals surface area contributed by atoms with Gasteiger partial charge in [0, 0.05) is 11.2 Å². The summed E-state index contributed by atoms with van der Waals surface area (Å²) >= 11 is 11.7. The lowest BCUT2D eigenvalue weighted by molar-refractivity contribution is 0.376. The van der Waals surface area contributed by atoms with Crippen molar-refractivity contribution >= 4 is 23.2 Å². The molecule has 0 aliphatic rings. The molecule has 1 heterocycles. The number of nitrogens with zero attached hydrogens (tertiary/aromatic N) is 1. The molecule has 0 bridgehead atoms. The van der Waals surface area contributed by atoms with Gasteiger partial charge in [-0.05, 0) is 30.0 Å².